The average Bonchev–Trinajstić information content (AvgIpc) is 3.01. The molecule has 2 amide bonds. The molecule has 7 nitrogen and oxygen atoms in total. The number of hydrogen-bond acceptors (Lipinski definition) is 5. The lowest BCUT2D eigenvalue weighted by Crippen LogP contribution is -2.27. The Balaban J connectivity index is 1.60. The SMILES string of the molecule is O=C1COc2c(cccc2C(=O)Nc2ccc3c(c2)OCO3)N1. The Morgan fingerprint density at radius 2 is 1.96 bits per heavy atom. The Bertz CT molecular complexity index is 818. The van der Waals surface area contributed by atoms with Gasteiger partial charge in [0.15, 0.2) is 23.9 Å². The number of nitrogens with one attached hydrogen (secondary N) is 2. The quantitative estimate of drug-likeness (QED) is 0.886. The van der Waals surface area contributed by atoms with Gasteiger partial charge in [-0.1, -0.05) is 6.07 Å². The fourth-order valence-electron chi connectivity index (χ4n) is 2.47. The molecule has 2 N–H and O–H groups in total. The van der Waals surface area contributed by atoms with E-state index < -0.39 is 0 Å². The van der Waals surface area contributed by atoms with E-state index in [1.165, 1.54) is 0 Å². The van der Waals surface area contributed by atoms with E-state index in [1.807, 2.05) is 0 Å². The lowest BCUT2D eigenvalue weighted by atomic mass is 10.1. The highest BCUT2D eigenvalue weighted by molar-refractivity contribution is 6.09. The molecule has 0 aromatic heterocycles. The van der Waals surface area contributed by atoms with E-state index in [0.717, 1.165) is 0 Å². The van der Waals surface area contributed by atoms with Gasteiger partial charge in [0.1, 0.15) is 0 Å². The van der Waals surface area contributed by atoms with E-state index in [1.54, 1.807) is 36.4 Å². The van der Waals surface area contributed by atoms with Crippen molar-refractivity contribution in [2.24, 2.45) is 0 Å². The van der Waals surface area contributed by atoms with Crippen LogP contribution in [0.3, 0.4) is 0 Å². The minimum Gasteiger partial charge on any atom is -0.481 e. The van der Waals surface area contributed by atoms with Crippen LogP contribution in [-0.2, 0) is 4.79 Å². The molecule has 2 aliphatic rings. The van der Waals surface area contributed by atoms with Crippen molar-refractivity contribution in [3.63, 3.8) is 0 Å². The van der Waals surface area contributed by atoms with Gasteiger partial charge in [-0.05, 0) is 24.3 Å². The molecule has 0 saturated heterocycles. The van der Waals surface area contributed by atoms with Crippen LogP contribution < -0.4 is 24.8 Å². The summed E-state index contributed by atoms with van der Waals surface area (Å²) in [5, 5.41) is 5.45. The highest BCUT2D eigenvalue weighted by atomic mass is 16.7. The minimum absolute atomic E-state index is 0.110. The second-order valence-electron chi connectivity index (χ2n) is 5.04. The number of carbonyl (C=O) groups is 2. The fraction of sp³-hybridized carbons (Fsp3) is 0.125. The lowest BCUT2D eigenvalue weighted by Gasteiger charge is -2.20. The standard InChI is InChI=1S/C16H12N2O5/c19-14-7-21-15-10(2-1-3-11(15)18-14)16(20)17-9-4-5-12-13(6-9)23-8-22-12/h1-6H,7-8H2,(H,17,20)(H,18,19). The molecule has 0 bridgehead atoms. The molecule has 0 saturated carbocycles. The van der Waals surface area contributed by atoms with Gasteiger partial charge >= 0.3 is 0 Å². The zero-order valence-corrected chi connectivity index (χ0v) is 11.9. The van der Waals surface area contributed by atoms with Crippen molar-refractivity contribution in [3.05, 3.63) is 42.0 Å². The number of benzene rings is 2. The van der Waals surface area contributed by atoms with Gasteiger partial charge in [0.2, 0.25) is 6.79 Å². The molecular weight excluding hydrogens is 300 g/mol. The molecule has 116 valence electrons. The number of rotatable bonds is 2. The molecule has 0 radical (unpaired) electrons. The average molecular weight is 312 g/mol. The van der Waals surface area contributed by atoms with Gasteiger partial charge in [-0.3, -0.25) is 9.59 Å². The van der Waals surface area contributed by atoms with E-state index in [2.05, 4.69) is 10.6 Å². The van der Waals surface area contributed by atoms with Crippen molar-refractivity contribution in [1.29, 1.82) is 0 Å². The van der Waals surface area contributed by atoms with Gasteiger partial charge in [0, 0.05) is 11.8 Å². The Kier molecular flexibility index (Phi) is 3.04. The summed E-state index contributed by atoms with van der Waals surface area (Å²) < 4.78 is 15.9. The first-order valence-electron chi connectivity index (χ1n) is 6.97. The maximum Gasteiger partial charge on any atom is 0.262 e. The van der Waals surface area contributed by atoms with Crippen LogP contribution >= 0.6 is 0 Å². The molecule has 0 unspecified atom stereocenters. The summed E-state index contributed by atoms with van der Waals surface area (Å²) in [6, 6.07) is 10.2. The van der Waals surface area contributed by atoms with E-state index in [9.17, 15) is 9.59 Å². The van der Waals surface area contributed by atoms with Crippen molar-refractivity contribution >= 4 is 23.2 Å². The van der Waals surface area contributed by atoms with Gasteiger partial charge in [-0.2, -0.15) is 0 Å². The van der Waals surface area contributed by atoms with E-state index in [4.69, 9.17) is 14.2 Å². The molecule has 2 aromatic rings. The number of amides is 2. The summed E-state index contributed by atoms with van der Waals surface area (Å²) in [5.74, 6) is 1.01. The first-order valence-corrected chi connectivity index (χ1v) is 6.97. The topological polar surface area (TPSA) is 85.9 Å². The third-order valence-electron chi connectivity index (χ3n) is 3.51. The van der Waals surface area contributed by atoms with Crippen LogP contribution in [-0.4, -0.2) is 25.2 Å². The monoisotopic (exact) mass is 312 g/mol. The summed E-state index contributed by atoms with van der Waals surface area (Å²) in [7, 11) is 0. The highest BCUT2D eigenvalue weighted by Gasteiger charge is 2.23. The summed E-state index contributed by atoms with van der Waals surface area (Å²) in [5.41, 5.74) is 1.41. The number of fused-ring (bicyclic) bond motifs is 2. The number of hydrogen-bond donors (Lipinski definition) is 2. The maximum absolute atomic E-state index is 12.5. The Hall–Kier alpha value is -3.22. The van der Waals surface area contributed by atoms with Gasteiger partial charge < -0.3 is 24.8 Å². The van der Waals surface area contributed by atoms with Crippen LogP contribution in [0.4, 0.5) is 11.4 Å². The predicted molar refractivity (Wildman–Crippen MR) is 81.1 cm³/mol. The van der Waals surface area contributed by atoms with Crippen LogP contribution in [0.5, 0.6) is 17.2 Å². The Labute approximate surface area is 131 Å². The lowest BCUT2D eigenvalue weighted by molar-refractivity contribution is -0.118. The molecule has 0 atom stereocenters. The fourth-order valence-corrected chi connectivity index (χ4v) is 2.47. The van der Waals surface area contributed by atoms with Crippen molar-refractivity contribution in [3.8, 4) is 17.2 Å². The number of ether oxygens (including phenoxy) is 3. The number of anilines is 2. The third-order valence-corrected chi connectivity index (χ3v) is 3.51. The number of carbonyl (C=O) groups excluding carboxylic acids is 2. The van der Waals surface area contributed by atoms with Crippen LogP contribution in [0.2, 0.25) is 0 Å². The zero-order chi connectivity index (χ0) is 15.8. The van der Waals surface area contributed by atoms with Gasteiger partial charge in [0.05, 0.1) is 11.3 Å². The van der Waals surface area contributed by atoms with E-state index in [0.29, 0.717) is 34.2 Å². The van der Waals surface area contributed by atoms with E-state index >= 15 is 0 Å². The van der Waals surface area contributed by atoms with E-state index in [-0.39, 0.29) is 25.2 Å². The predicted octanol–water partition coefficient (Wildman–Crippen LogP) is 2.00. The summed E-state index contributed by atoms with van der Waals surface area (Å²) in [6.07, 6.45) is 0. The molecule has 0 spiro atoms. The number of para-hydroxylation sites is 1. The van der Waals surface area contributed by atoms with Crippen LogP contribution in [0.15, 0.2) is 36.4 Å². The Morgan fingerprint density at radius 3 is 2.87 bits per heavy atom. The van der Waals surface area contributed by atoms with Crippen molar-refractivity contribution in [1.82, 2.24) is 0 Å². The first kappa shape index (κ1) is 13.4. The Morgan fingerprint density at radius 1 is 1.09 bits per heavy atom. The van der Waals surface area contributed by atoms with Crippen molar-refractivity contribution in [2.45, 2.75) is 0 Å². The van der Waals surface area contributed by atoms with Gasteiger partial charge in [-0.25, -0.2) is 0 Å². The van der Waals surface area contributed by atoms with Gasteiger partial charge in [-0.15, -0.1) is 0 Å². The molecule has 0 fully saturated rings. The van der Waals surface area contributed by atoms with Crippen LogP contribution in [0.25, 0.3) is 0 Å². The van der Waals surface area contributed by atoms with Gasteiger partial charge in [0.25, 0.3) is 11.8 Å². The highest BCUT2D eigenvalue weighted by Crippen LogP contribution is 2.35. The molecule has 23 heavy (non-hydrogen) atoms. The molecule has 2 aromatic carbocycles. The minimum atomic E-state index is -0.336. The molecule has 2 heterocycles. The largest absolute Gasteiger partial charge is 0.481 e. The molecular formula is C16H12N2O5. The normalized spacial score (nSPS) is 14.5. The zero-order valence-electron chi connectivity index (χ0n) is 11.9. The second-order valence-corrected chi connectivity index (χ2v) is 5.04. The van der Waals surface area contributed by atoms with Crippen molar-refractivity contribution in [2.75, 3.05) is 24.0 Å². The maximum atomic E-state index is 12.5. The second kappa shape index (κ2) is 5.20. The van der Waals surface area contributed by atoms with Crippen LogP contribution in [0.1, 0.15) is 10.4 Å². The third kappa shape index (κ3) is 2.42. The summed E-state index contributed by atoms with van der Waals surface area (Å²) >= 11 is 0. The summed E-state index contributed by atoms with van der Waals surface area (Å²) in [4.78, 5) is 23.8. The smallest absolute Gasteiger partial charge is 0.262 e. The van der Waals surface area contributed by atoms with Crippen LogP contribution in [0, 0.1) is 0 Å². The summed E-state index contributed by atoms with van der Waals surface area (Å²) in [6.45, 7) is 0.0633. The first-order chi connectivity index (χ1) is 11.2. The molecule has 4 rings (SSSR count). The molecule has 2 aliphatic heterocycles. The molecule has 0 aliphatic carbocycles. The van der Waals surface area contributed by atoms with Crippen molar-refractivity contribution < 1.29 is 23.8 Å². The molecule has 7 heteroatoms.